The van der Waals surface area contributed by atoms with Gasteiger partial charge in [0.25, 0.3) is 9.84 Å². The van der Waals surface area contributed by atoms with Gasteiger partial charge in [0.05, 0.1) is 16.5 Å². The molecule has 122 valence electrons. The highest BCUT2D eigenvalue weighted by atomic mass is 32.2. The summed E-state index contributed by atoms with van der Waals surface area (Å²) in [6.45, 7) is 0.480. The van der Waals surface area contributed by atoms with Crippen LogP contribution in [0.25, 0.3) is 0 Å². The van der Waals surface area contributed by atoms with Gasteiger partial charge in [0.15, 0.2) is 0 Å². The Hall–Kier alpha value is -1.77. The standard InChI is InChI=1S/C13H15F3N2O3S/c14-13(15,16)22(20,21)11-6-2-1-5-10(11)18-7-3-4-9(8-18)12(17)19/h1-2,5-6,9H,3-4,7-8H2,(H2,17,19)/t9-/m1/s1. The number of amides is 1. The zero-order valence-corrected chi connectivity index (χ0v) is 12.3. The van der Waals surface area contributed by atoms with E-state index in [9.17, 15) is 26.4 Å². The fraction of sp³-hybridized carbons (Fsp3) is 0.462. The van der Waals surface area contributed by atoms with Crippen LogP contribution < -0.4 is 10.6 Å². The number of halogens is 3. The number of nitrogens with two attached hydrogens (primary N) is 1. The average Bonchev–Trinajstić information content (AvgIpc) is 2.46. The molecule has 0 unspecified atom stereocenters. The van der Waals surface area contributed by atoms with E-state index >= 15 is 0 Å². The Bertz CT molecular complexity index is 673. The van der Waals surface area contributed by atoms with Gasteiger partial charge in [0.1, 0.15) is 0 Å². The normalized spacial score (nSPS) is 20.0. The van der Waals surface area contributed by atoms with Gasteiger partial charge in [0.2, 0.25) is 5.91 Å². The zero-order valence-electron chi connectivity index (χ0n) is 11.5. The van der Waals surface area contributed by atoms with Gasteiger partial charge in [-0.05, 0) is 25.0 Å². The van der Waals surface area contributed by atoms with Gasteiger partial charge in [-0.15, -0.1) is 0 Å². The summed E-state index contributed by atoms with van der Waals surface area (Å²) in [4.78, 5) is 11.9. The van der Waals surface area contributed by atoms with E-state index in [4.69, 9.17) is 5.73 Å². The van der Waals surface area contributed by atoms with Crippen molar-refractivity contribution < 1.29 is 26.4 Å². The topological polar surface area (TPSA) is 80.5 Å². The number of carbonyl (C=O) groups excluding carboxylic acids is 1. The molecule has 9 heteroatoms. The Labute approximate surface area is 125 Å². The number of piperidine rings is 1. The van der Waals surface area contributed by atoms with Crippen LogP contribution in [0.15, 0.2) is 29.2 Å². The average molecular weight is 336 g/mol. The lowest BCUT2D eigenvalue weighted by Gasteiger charge is -2.34. The molecule has 1 saturated heterocycles. The van der Waals surface area contributed by atoms with E-state index in [0.717, 1.165) is 6.07 Å². The number of nitrogens with zero attached hydrogens (tertiary/aromatic N) is 1. The Kier molecular flexibility index (Phi) is 4.37. The van der Waals surface area contributed by atoms with Crippen LogP contribution in [0.1, 0.15) is 12.8 Å². The van der Waals surface area contributed by atoms with Crippen molar-refractivity contribution in [3.8, 4) is 0 Å². The smallest absolute Gasteiger partial charge is 0.370 e. The van der Waals surface area contributed by atoms with Gasteiger partial charge in [-0.25, -0.2) is 8.42 Å². The number of carbonyl (C=O) groups is 1. The minimum atomic E-state index is -5.45. The predicted octanol–water partition coefficient (Wildman–Crippen LogP) is 1.68. The van der Waals surface area contributed by atoms with Gasteiger partial charge in [-0.1, -0.05) is 12.1 Å². The lowest BCUT2D eigenvalue weighted by atomic mass is 9.97. The zero-order chi connectivity index (χ0) is 16.5. The van der Waals surface area contributed by atoms with Crippen molar-refractivity contribution in [1.29, 1.82) is 0 Å². The molecule has 1 aromatic rings. The minimum absolute atomic E-state index is 0.0502. The molecule has 0 aliphatic carbocycles. The van der Waals surface area contributed by atoms with E-state index in [0.29, 0.717) is 19.4 Å². The Morgan fingerprint density at radius 1 is 1.27 bits per heavy atom. The van der Waals surface area contributed by atoms with E-state index in [2.05, 4.69) is 0 Å². The molecule has 1 amide bonds. The van der Waals surface area contributed by atoms with Crippen LogP contribution in [0.2, 0.25) is 0 Å². The van der Waals surface area contributed by atoms with Crippen LogP contribution in [0.4, 0.5) is 18.9 Å². The second-order valence-electron chi connectivity index (χ2n) is 5.10. The van der Waals surface area contributed by atoms with Crippen molar-refractivity contribution in [2.45, 2.75) is 23.2 Å². The van der Waals surface area contributed by atoms with Gasteiger partial charge < -0.3 is 10.6 Å². The van der Waals surface area contributed by atoms with E-state index in [1.165, 1.54) is 23.1 Å². The number of primary amides is 1. The molecule has 0 bridgehead atoms. The summed E-state index contributed by atoms with van der Waals surface area (Å²) in [5.74, 6) is -1.05. The van der Waals surface area contributed by atoms with Crippen LogP contribution >= 0.6 is 0 Å². The lowest BCUT2D eigenvalue weighted by molar-refractivity contribution is -0.122. The van der Waals surface area contributed by atoms with Crippen LogP contribution in [0, 0.1) is 5.92 Å². The Morgan fingerprint density at radius 2 is 1.91 bits per heavy atom. The molecular formula is C13H15F3N2O3S. The number of anilines is 1. The number of rotatable bonds is 3. The molecule has 1 atom stereocenters. The number of hydrogen-bond donors (Lipinski definition) is 1. The quantitative estimate of drug-likeness (QED) is 0.911. The first kappa shape index (κ1) is 16.6. The maximum atomic E-state index is 12.8. The van der Waals surface area contributed by atoms with Crippen LogP contribution in [-0.2, 0) is 14.6 Å². The second kappa shape index (κ2) is 5.79. The van der Waals surface area contributed by atoms with Gasteiger partial charge in [-0.2, -0.15) is 13.2 Å². The number of sulfone groups is 1. The fourth-order valence-electron chi connectivity index (χ4n) is 2.50. The summed E-state index contributed by atoms with van der Waals surface area (Å²) in [5.41, 5.74) is -0.187. The van der Waals surface area contributed by atoms with E-state index in [1.807, 2.05) is 0 Å². The SMILES string of the molecule is NC(=O)[C@@H]1CCCN(c2ccccc2S(=O)(=O)C(F)(F)F)C1. The van der Waals surface area contributed by atoms with Crippen LogP contribution in [0.5, 0.6) is 0 Å². The molecule has 0 spiro atoms. The van der Waals surface area contributed by atoms with Gasteiger partial charge >= 0.3 is 5.51 Å². The van der Waals surface area contributed by atoms with Crippen LogP contribution in [0.3, 0.4) is 0 Å². The third-order valence-corrected chi connectivity index (χ3v) is 5.16. The largest absolute Gasteiger partial charge is 0.501 e. The molecule has 1 fully saturated rings. The first-order valence-corrected chi connectivity index (χ1v) is 8.07. The Morgan fingerprint density at radius 3 is 2.50 bits per heavy atom. The van der Waals surface area contributed by atoms with Crippen molar-refractivity contribution in [3.05, 3.63) is 24.3 Å². The predicted molar refractivity (Wildman–Crippen MR) is 73.8 cm³/mol. The number of benzene rings is 1. The van der Waals surface area contributed by atoms with E-state index in [1.54, 1.807) is 0 Å². The first-order valence-electron chi connectivity index (χ1n) is 6.59. The van der Waals surface area contributed by atoms with Crippen molar-refractivity contribution in [3.63, 3.8) is 0 Å². The molecule has 22 heavy (non-hydrogen) atoms. The molecule has 2 N–H and O–H groups in total. The summed E-state index contributed by atoms with van der Waals surface area (Å²) in [5, 5.41) is 0. The second-order valence-corrected chi connectivity index (χ2v) is 7.01. The molecule has 2 rings (SSSR count). The Balaban J connectivity index is 2.43. The molecule has 0 aromatic heterocycles. The van der Waals surface area contributed by atoms with Crippen molar-refractivity contribution in [2.24, 2.45) is 11.7 Å². The monoisotopic (exact) mass is 336 g/mol. The lowest BCUT2D eigenvalue weighted by Crippen LogP contribution is -2.42. The van der Waals surface area contributed by atoms with Crippen molar-refractivity contribution in [2.75, 3.05) is 18.0 Å². The maximum Gasteiger partial charge on any atom is 0.501 e. The van der Waals surface area contributed by atoms with Crippen molar-refractivity contribution >= 4 is 21.4 Å². The molecule has 0 radical (unpaired) electrons. The number of hydrogen-bond acceptors (Lipinski definition) is 4. The highest BCUT2D eigenvalue weighted by Gasteiger charge is 2.48. The van der Waals surface area contributed by atoms with Gasteiger partial charge in [0, 0.05) is 13.1 Å². The number of alkyl halides is 3. The third-order valence-electron chi connectivity index (χ3n) is 3.62. The highest BCUT2D eigenvalue weighted by molar-refractivity contribution is 7.92. The van der Waals surface area contributed by atoms with Crippen LogP contribution in [-0.4, -0.2) is 32.9 Å². The van der Waals surface area contributed by atoms with E-state index in [-0.39, 0.29) is 12.2 Å². The van der Waals surface area contributed by atoms with E-state index < -0.39 is 32.1 Å². The van der Waals surface area contributed by atoms with Crippen molar-refractivity contribution in [1.82, 2.24) is 0 Å². The maximum absolute atomic E-state index is 12.8. The molecule has 1 aliphatic heterocycles. The summed E-state index contributed by atoms with van der Waals surface area (Å²) < 4.78 is 61.8. The summed E-state index contributed by atoms with van der Waals surface area (Å²) in [6.07, 6.45) is 1.09. The summed E-state index contributed by atoms with van der Waals surface area (Å²) >= 11 is 0. The molecular weight excluding hydrogens is 321 g/mol. The highest BCUT2D eigenvalue weighted by Crippen LogP contribution is 2.36. The van der Waals surface area contributed by atoms with Gasteiger partial charge in [-0.3, -0.25) is 4.79 Å². The third kappa shape index (κ3) is 3.03. The molecule has 1 aliphatic rings. The fourth-order valence-corrected chi connectivity index (χ4v) is 3.48. The molecule has 1 aromatic carbocycles. The molecule has 5 nitrogen and oxygen atoms in total. The number of para-hydroxylation sites is 1. The summed E-state index contributed by atoms with van der Waals surface area (Å²) in [7, 11) is -5.45. The first-order chi connectivity index (χ1) is 10.1. The molecule has 1 heterocycles. The molecule has 0 saturated carbocycles. The summed E-state index contributed by atoms with van der Waals surface area (Å²) in [6, 6.07) is 4.92. The minimum Gasteiger partial charge on any atom is -0.370 e.